The average molecular weight is 434 g/mol. The van der Waals surface area contributed by atoms with Gasteiger partial charge in [0.1, 0.15) is 5.82 Å². The number of anilines is 1. The minimum atomic E-state index is 0. The molecular weight excluding hydrogens is 401 g/mol. The highest BCUT2D eigenvalue weighted by Gasteiger charge is 2.32. The van der Waals surface area contributed by atoms with Gasteiger partial charge in [-0.15, -0.1) is 24.8 Å². The number of hydrogen-bond acceptors (Lipinski definition) is 6. The number of methoxy groups -OCH3 is 1. The van der Waals surface area contributed by atoms with Gasteiger partial charge in [0, 0.05) is 51.4 Å². The summed E-state index contributed by atoms with van der Waals surface area (Å²) in [5, 5.41) is 6.54. The molecule has 0 aliphatic carbocycles. The van der Waals surface area contributed by atoms with Gasteiger partial charge in [-0.05, 0) is 38.1 Å². The van der Waals surface area contributed by atoms with E-state index in [9.17, 15) is 4.79 Å². The van der Waals surface area contributed by atoms with Gasteiger partial charge in [-0.25, -0.2) is 4.98 Å². The first-order valence-corrected chi connectivity index (χ1v) is 9.55. The number of piperidine rings is 1. The summed E-state index contributed by atoms with van der Waals surface area (Å²) in [6, 6.07) is 5.98. The second-order valence-electron chi connectivity index (χ2n) is 7.41. The second kappa shape index (κ2) is 12.4. The van der Waals surface area contributed by atoms with Gasteiger partial charge in [-0.1, -0.05) is 6.07 Å². The number of aromatic nitrogens is 1. The smallest absolute Gasteiger partial charge is 0.234 e. The van der Waals surface area contributed by atoms with E-state index in [0.717, 1.165) is 57.9 Å². The van der Waals surface area contributed by atoms with Gasteiger partial charge in [0.2, 0.25) is 5.91 Å². The number of nitrogens with zero attached hydrogens (tertiary/aromatic N) is 3. The molecule has 0 radical (unpaired) electrons. The Morgan fingerprint density at radius 3 is 2.54 bits per heavy atom. The normalized spacial score (nSPS) is 19.2. The zero-order valence-electron chi connectivity index (χ0n) is 16.6. The van der Waals surface area contributed by atoms with Crippen LogP contribution >= 0.6 is 24.8 Å². The van der Waals surface area contributed by atoms with Gasteiger partial charge in [0.25, 0.3) is 0 Å². The first-order chi connectivity index (χ1) is 12.7. The van der Waals surface area contributed by atoms with Gasteiger partial charge >= 0.3 is 0 Å². The predicted molar refractivity (Wildman–Crippen MR) is 117 cm³/mol. The molecule has 1 aromatic heterocycles. The fourth-order valence-electron chi connectivity index (χ4n) is 3.86. The van der Waals surface area contributed by atoms with Crippen LogP contribution in [0, 0.1) is 5.41 Å². The molecule has 0 spiro atoms. The molecule has 3 rings (SSSR count). The molecule has 2 N–H and O–H groups in total. The lowest BCUT2D eigenvalue weighted by molar-refractivity contribution is -0.123. The van der Waals surface area contributed by atoms with Crippen LogP contribution in [0.3, 0.4) is 0 Å². The molecule has 2 fully saturated rings. The number of ether oxygens (including phenoxy) is 1. The lowest BCUT2D eigenvalue weighted by Gasteiger charge is -2.38. The minimum absolute atomic E-state index is 0. The summed E-state index contributed by atoms with van der Waals surface area (Å²) in [4.78, 5) is 21.3. The van der Waals surface area contributed by atoms with E-state index < -0.39 is 0 Å². The Balaban J connectivity index is 0.00000196. The van der Waals surface area contributed by atoms with Crippen LogP contribution < -0.4 is 15.5 Å². The van der Waals surface area contributed by atoms with E-state index in [1.807, 2.05) is 24.4 Å². The Hall–Kier alpha value is -1.12. The first kappa shape index (κ1) is 24.9. The monoisotopic (exact) mass is 433 g/mol. The minimum Gasteiger partial charge on any atom is -0.384 e. The van der Waals surface area contributed by atoms with E-state index in [-0.39, 0.29) is 36.1 Å². The maximum atomic E-state index is 12.4. The molecule has 0 unspecified atom stereocenters. The van der Waals surface area contributed by atoms with Gasteiger partial charge < -0.3 is 20.3 Å². The molecule has 160 valence electrons. The van der Waals surface area contributed by atoms with E-state index in [0.29, 0.717) is 19.7 Å². The molecular formula is C19H33Cl2N5O2. The molecule has 7 nitrogen and oxygen atoms in total. The Kier molecular flexibility index (Phi) is 11.1. The Bertz CT molecular complexity index is 559. The van der Waals surface area contributed by atoms with Crippen molar-refractivity contribution in [1.82, 2.24) is 20.5 Å². The lowest BCUT2D eigenvalue weighted by Crippen LogP contribution is -2.52. The van der Waals surface area contributed by atoms with Crippen LogP contribution in [-0.2, 0) is 9.53 Å². The average Bonchev–Trinajstić information content (AvgIpc) is 2.69. The van der Waals surface area contributed by atoms with E-state index in [1.54, 1.807) is 7.11 Å². The highest BCUT2D eigenvalue weighted by Crippen LogP contribution is 2.28. The van der Waals surface area contributed by atoms with E-state index in [1.165, 1.54) is 0 Å². The van der Waals surface area contributed by atoms with Crippen molar-refractivity contribution >= 4 is 36.5 Å². The molecule has 2 aliphatic rings. The van der Waals surface area contributed by atoms with Crippen LogP contribution in [0.25, 0.3) is 0 Å². The summed E-state index contributed by atoms with van der Waals surface area (Å²) in [6.45, 7) is 7.45. The zero-order valence-corrected chi connectivity index (χ0v) is 18.2. The molecule has 0 aromatic carbocycles. The first-order valence-electron chi connectivity index (χ1n) is 9.55. The van der Waals surface area contributed by atoms with Crippen LogP contribution in [0.5, 0.6) is 0 Å². The number of halogens is 2. The van der Waals surface area contributed by atoms with Crippen molar-refractivity contribution in [3.05, 3.63) is 24.4 Å². The molecule has 1 amide bonds. The summed E-state index contributed by atoms with van der Waals surface area (Å²) in [6.07, 6.45) is 3.92. The number of carbonyl (C=O) groups is 1. The zero-order chi connectivity index (χ0) is 18.2. The fraction of sp³-hybridized carbons (Fsp3) is 0.684. The Labute approximate surface area is 180 Å². The molecule has 0 bridgehead atoms. The van der Waals surface area contributed by atoms with Crippen LogP contribution in [0.1, 0.15) is 12.8 Å². The lowest BCUT2D eigenvalue weighted by atomic mass is 9.79. The van der Waals surface area contributed by atoms with Gasteiger partial charge in [-0.2, -0.15) is 0 Å². The van der Waals surface area contributed by atoms with Crippen molar-refractivity contribution in [1.29, 1.82) is 0 Å². The second-order valence-corrected chi connectivity index (χ2v) is 7.41. The molecule has 0 saturated carbocycles. The van der Waals surface area contributed by atoms with Crippen molar-refractivity contribution in [2.24, 2.45) is 5.41 Å². The highest BCUT2D eigenvalue weighted by atomic mass is 35.5. The third-order valence-electron chi connectivity index (χ3n) is 5.49. The van der Waals surface area contributed by atoms with Crippen LogP contribution in [-0.4, -0.2) is 81.9 Å². The SMILES string of the molecule is COCC1(CNC(=O)CN2CCN(c3ccccn3)CC2)CCNCC1.Cl.Cl. The molecule has 3 heterocycles. The van der Waals surface area contributed by atoms with Gasteiger partial charge in [-0.3, -0.25) is 9.69 Å². The molecule has 9 heteroatoms. The molecule has 2 aliphatic heterocycles. The number of carbonyl (C=O) groups excluding carboxylic acids is 1. The fourth-order valence-corrected chi connectivity index (χ4v) is 3.86. The summed E-state index contributed by atoms with van der Waals surface area (Å²) in [7, 11) is 1.74. The largest absolute Gasteiger partial charge is 0.384 e. The van der Waals surface area contributed by atoms with E-state index in [2.05, 4.69) is 25.4 Å². The maximum Gasteiger partial charge on any atom is 0.234 e. The van der Waals surface area contributed by atoms with Crippen molar-refractivity contribution in [2.75, 3.05) is 71.0 Å². The third-order valence-corrected chi connectivity index (χ3v) is 5.49. The third kappa shape index (κ3) is 7.04. The summed E-state index contributed by atoms with van der Waals surface area (Å²) in [5.41, 5.74) is 0.0767. The van der Waals surface area contributed by atoms with E-state index in [4.69, 9.17) is 4.74 Å². The van der Waals surface area contributed by atoms with Crippen molar-refractivity contribution in [3.63, 3.8) is 0 Å². The standard InChI is InChI=1S/C19H31N5O2.2ClH/c1-26-16-19(5-8-20-9-6-19)15-22-18(25)14-23-10-12-24(13-11-23)17-4-2-3-7-21-17;;/h2-4,7,20H,5-6,8-16H2,1H3,(H,22,25);2*1H. The Morgan fingerprint density at radius 1 is 1.21 bits per heavy atom. The number of pyridine rings is 1. The number of nitrogens with one attached hydrogen (secondary N) is 2. The van der Waals surface area contributed by atoms with Gasteiger partial charge in [0.05, 0.1) is 13.2 Å². The molecule has 0 atom stereocenters. The quantitative estimate of drug-likeness (QED) is 0.672. The van der Waals surface area contributed by atoms with Crippen molar-refractivity contribution in [2.45, 2.75) is 12.8 Å². The van der Waals surface area contributed by atoms with Gasteiger partial charge in [0.15, 0.2) is 0 Å². The molecule has 2 saturated heterocycles. The van der Waals surface area contributed by atoms with Crippen molar-refractivity contribution < 1.29 is 9.53 Å². The highest BCUT2D eigenvalue weighted by molar-refractivity contribution is 5.85. The Morgan fingerprint density at radius 2 is 1.93 bits per heavy atom. The van der Waals surface area contributed by atoms with Crippen LogP contribution in [0.2, 0.25) is 0 Å². The summed E-state index contributed by atoms with van der Waals surface area (Å²) < 4.78 is 5.42. The molecule has 28 heavy (non-hydrogen) atoms. The summed E-state index contributed by atoms with van der Waals surface area (Å²) >= 11 is 0. The number of piperazine rings is 1. The number of rotatable bonds is 7. The predicted octanol–water partition coefficient (Wildman–Crippen LogP) is 1.18. The van der Waals surface area contributed by atoms with Crippen LogP contribution in [0.15, 0.2) is 24.4 Å². The number of hydrogen-bond donors (Lipinski definition) is 2. The van der Waals surface area contributed by atoms with E-state index >= 15 is 0 Å². The molecule has 1 aromatic rings. The van der Waals surface area contributed by atoms with Crippen LogP contribution in [0.4, 0.5) is 5.82 Å². The number of amides is 1. The summed E-state index contributed by atoms with van der Waals surface area (Å²) in [5.74, 6) is 1.13. The van der Waals surface area contributed by atoms with Crippen molar-refractivity contribution in [3.8, 4) is 0 Å². The topological polar surface area (TPSA) is 69.7 Å². The maximum absolute atomic E-state index is 12.4.